The van der Waals surface area contributed by atoms with E-state index in [0.29, 0.717) is 17.5 Å². The highest BCUT2D eigenvalue weighted by Crippen LogP contribution is 2.50. The number of ether oxygens (including phenoxy) is 4. The Morgan fingerprint density at radius 3 is 2.61 bits per heavy atom. The van der Waals surface area contributed by atoms with Crippen molar-refractivity contribution in [2.75, 3.05) is 7.11 Å². The van der Waals surface area contributed by atoms with Crippen LogP contribution in [0.25, 0.3) is 0 Å². The lowest BCUT2D eigenvalue weighted by atomic mass is 9.82. The summed E-state index contributed by atoms with van der Waals surface area (Å²) in [5, 5.41) is 0. The third-order valence-electron chi connectivity index (χ3n) is 5.43. The van der Waals surface area contributed by atoms with Gasteiger partial charge in [0.1, 0.15) is 12.7 Å². The van der Waals surface area contributed by atoms with E-state index in [1.807, 2.05) is 13.8 Å². The van der Waals surface area contributed by atoms with Gasteiger partial charge in [0.05, 0.1) is 13.2 Å². The van der Waals surface area contributed by atoms with Crippen molar-refractivity contribution in [1.82, 2.24) is 0 Å². The van der Waals surface area contributed by atoms with Crippen molar-refractivity contribution < 1.29 is 33.3 Å². The zero-order chi connectivity index (χ0) is 20.4. The summed E-state index contributed by atoms with van der Waals surface area (Å²) >= 11 is 0. The average Bonchev–Trinajstić information content (AvgIpc) is 3.09. The van der Waals surface area contributed by atoms with Gasteiger partial charge in [-0.2, -0.15) is 0 Å². The second-order valence-electron chi connectivity index (χ2n) is 7.75. The molecule has 0 amide bonds. The van der Waals surface area contributed by atoms with E-state index < -0.39 is 11.8 Å². The summed E-state index contributed by atoms with van der Waals surface area (Å²) in [5.74, 6) is -1.72. The molecule has 2 unspecified atom stereocenters. The Morgan fingerprint density at radius 2 is 1.96 bits per heavy atom. The van der Waals surface area contributed by atoms with Crippen LogP contribution in [0.2, 0.25) is 0 Å². The number of esters is 1. The standard InChI is InChI=1S/C21H22O7/c1-9-17(23)16-12-7-14-20(28-21(3,4)27-14)15(12)11(8-26-10(2)22)6-13(16)18(24)19(9)25-5/h6,14,20H,7-8H2,1-5H3. The Kier molecular flexibility index (Phi) is 4.21. The number of methoxy groups -OCH3 is 1. The topological polar surface area (TPSA) is 88.1 Å². The molecule has 0 spiro atoms. The minimum atomic E-state index is -0.750. The van der Waals surface area contributed by atoms with E-state index in [0.717, 1.165) is 11.1 Å². The molecule has 1 aliphatic heterocycles. The number of hydrogen-bond acceptors (Lipinski definition) is 7. The first-order chi connectivity index (χ1) is 13.1. The molecular formula is C21H22O7. The van der Waals surface area contributed by atoms with Crippen molar-refractivity contribution >= 4 is 17.5 Å². The normalized spacial score (nSPS) is 24.8. The van der Waals surface area contributed by atoms with Crippen molar-refractivity contribution in [1.29, 1.82) is 0 Å². The van der Waals surface area contributed by atoms with E-state index >= 15 is 0 Å². The minimum Gasteiger partial charge on any atom is -0.492 e. The molecule has 0 N–H and O–H groups in total. The molecule has 2 aliphatic carbocycles. The zero-order valence-corrected chi connectivity index (χ0v) is 16.5. The molecule has 3 aliphatic rings. The second kappa shape index (κ2) is 6.25. The number of carbonyl (C=O) groups is 3. The van der Waals surface area contributed by atoms with Gasteiger partial charge in [0.15, 0.2) is 17.3 Å². The molecule has 7 heteroatoms. The monoisotopic (exact) mass is 386 g/mol. The molecular weight excluding hydrogens is 364 g/mol. The van der Waals surface area contributed by atoms with E-state index in [9.17, 15) is 14.4 Å². The van der Waals surface area contributed by atoms with Gasteiger partial charge in [-0.3, -0.25) is 14.4 Å². The summed E-state index contributed by atoms with van der Waals surface area (Å²) in [4.78, 5) is 37.4. The molecule has 0 saturated carbocycles. The predicted molar refractivity (Wildman–Crippen MR) is 96.8 cm³/mol. The number of carbonyl (C=O) groups excluding carboxylic acids is 3. The van der Waals surface area contributed by atoms with Gasteiger partial charge in [0.25, 0.3) is 0 Å². The molecule has 1 heterocycles. The number of rotatable bonds is 3. The van der Waals surface area contributed by atoms with Gasteiger partial charge in [-0.05, 0) is 43.5 Å². The zero-order valence-electron chi connectivity index (χ0n) is 16.5. The Balaban J connectivity index is 1.91. The van der Waals surface area contributed by atoms with Crippen molar-refractivity contribution in [2.45, 2.75) is 58.7 Å². The lowest BCUT2D eigenvalue weighted by Gasteiger charge is -2.25. The first-order valence-corrected chi connectivity index (χ1v) is 9.16. The van der Waals surface area contributed by atoms with Gasteiger partial charge in [-0.15, -0.1) is 0 Å². The fourth-order valence-corrected chi connectivity index (χ4v) is 4.38. The quantitative estimate of drug-likeness (QED) is 0.738. The largest absolute Gasteiger partial charge is 0.492 e. The van der Waals surface area contributed by atoms with Crippen LogP contribution in [0.1, 0.15) is 71.2 Å². The van der Waals surface area contributed by atoms with Crippen LogP contribution in [-0.4, -0.2) is 36.5 Å². The van der Waals surface area contributed by atoms with Crippen LogP contribution in [-0.2, 0) is 36.8 Å². The van der Waals surface area contributed by atoms with E-state index in [1.54, 1.807) is 13.0 Å². The predicted octanol–water partition coefficient (Wildman–Crippen LogP) is 2.80. The van der Waals surface area contributed by atoms with Crippen LogP contribution < -0.4 is 0 Å². The molecule has 2 atom stereocenters. The van der Waals surface area contributed by atoms with Crippen LogP contribution in [0.15, 0.2) is 17.4 Å². The van der Waals surface area contributed by atoms with Crippen molar-refractivity contribution in [3.8, 4) is 0 Å². The maximum atomic E-state index is 13.1. The smallest absolute Gasteiger partial charge is 0.302 e. The first kappa shape index (κ1) is 18.8. The van der Waals surface area contributed by atoms with Crippen LogP contribution >= 0.6 is 0 Å². The third kappa shape index (κ3) is 2.69. The molecule has 4 rings (SSSR count). The van der Waals surface area contributed by atoms with Crippen LogP contribution in [0.3, 0.4) is 0 Å². The van der Waals surface area contributed by atoms with E-state index in [2.05, 4.69) is 0 Å². The molecule has 1 fully saturated rings. The lowest BCUT2D eigenvalue weighted by molar-refractivity contribution is -0.149. The SMILES string of the molecule is COC1=C(C)C(=O)c2c(cc(COC(C)=O)c3c2CC2OC(C)(C)OC32)C1=O. The van der Waals surface area contributed by atoms with Gasteiger partial charge in [0, 0.05) is 30.0 Å². The van der Waals surface area contributed by atoms with E-state index in [-0.39, 0.29) is 47.3 Å². The Hall–Kier alpha value is -2.51. The maximum absolute atomic E-state index is 13.1. The number of benzene rings is 1. The fourth-order valence-electron chi connectivity index (χ4n) is 4.38. The Morgan fingerprint density at radius 1 is 1.25 bits per heavy atom. The number of Topliss-reactive ketones (excluding diaryl/α,β-unsaturated/α-hetero) is 2. The Labute approximate surface area is 162 Å². The molecule has 0 radical (unpaired) electrons. The number of hydrogen-bond donors (Lipinski definition) is 0. The van der Waals surface area contributed by atoms with Crippen LogP contribution in [0.4, 0.5) is 0 Å². The molecule has 0 bridgehead atoms. The summed E-state index contributed by atoms with van der Waals surface area (Å²) in [5.41, 5.74) is 3.10. The van der Waals surface area contributed by atoms with E-state index in [1.165, 1.54) is 14.0 Å². The molecule has 148 valence electrons. The maximum Gasteiger partial charge on any atom is 0.302 e. The van der Waals surface area contributed by atoms with Gasteiger partial charge >= 0.3 is 5.97 Å². The fraction of sp³-hybridized carbons (Fsp3) is 0.476. The summed E-state index contributed by atoms with van der Waals surface area (Å²) in [7, 11) is 1.37. The molecule has 1 saturated heterocycles. The molecule has 1 aromatic rings. The average molecular weight is 386 g/mol. The highest BCUT2D eigenvalue weighted by molar-refractivity contribution is 6.26. The molecule has 1 aromatic carbocycles. The van der Waals surface area contributed by atoms with Gasteiger partial charge < -0.3 is 18.9 Å². The van der Waals surface area contributed by atoms with Crippen LogP contribution in [0, 0.1) is 0 Å². The Bertz CT molecular complexity index is 954. The van der Waals surface area contributed by atoms with E-state index in [4.69, 9.17) is 18.9 Å². The number of allylic oxidation sites excluding steroid dienone is 2. The summed E-state index contributed by atoms with van der Waals surface area (Å²) in [6.45, 7) is 6.57. The number of fused-ring (bicyclic) bond motifs is 5. The summed E-state index contributed by atoms with van der Waals surface area (Å²) < 4.78 is 22.5. The molecule has 7 nitrogen and oxygen atoms in total. The number of ketones is 2. The minimum absolute atomic E-state index is 0.00949. The van der Waals surface area contributed by atoms with Gasteiger partial charge in [0.2, 0.25) is 5.78 Å². The van der Waals surface area contributed by atoms with Gasteiger partial charge in [-0.25, -0.2) is 0 Å². The molecule has 0 aromatic heterocycles. The molecule has 28 heavy (non-hydrogen) atoms. The lowest BCUT2D eigenvalue weighted by Crippen LogP contribution is -2.26. The van der Waals surface area contributed by atoms with Crippen molar-refractivity contribution in [2.24, 2.45) is 0 Å². The summed E-state index contributed by atoms with van der Waals surface area (Å²) in [6.07, 6.45) is -0.186. The van der Waals surface area contributed by atoms with Crippen molar-refractivity contribution in [3.05, 3.63) is 45.2 Å². The van der Waals surface area contributed by atoms with Gasteiger partial charge in [-0.1, -0.05) is 0 Å². The highest BCUT2D eigenvalue weighted by atomic mass is 16.8. The third-order valence-corrected chi connectivity index (χ3v) is 5.43. The second-order valence-corrected chi connectivity index (χ2v) is 7.75. The highest BCUT2D eigenvalue weighted by Gasteiger charge is 2.50. The summed E-state index contributed by atoms with van der Waals surface area (Å²) in [6, 6.07) is 1.62. The van der Waals surface area contributed by atoms with Crippen LogP contribution in [0.5, 0.6) is 0 Å². The van der Waals surface area contributed by atoms with Crippen molar-refractivity contribution in [3.63, 3.8) is 0 Å². The first-order valence-electron chi connectivity index (χ1n) is 9.16.